The number of halogens is 1. The highest BCUT2D eigenvalue weighted by Gasteiger charge is 2.22. The Morgan fingerprint density at radius 2 is 2.05 bits per heavy atom. The molecule has 0 aliphatic heterocycles. The van der Waals surface area contributed by atoms with E-state index >= 15 is 0 Å². The molecule has 0 saturated heterocycles. The van der Waals surface area contributed by atoms with Crippen LogP contribution in [0.1, 0.15) is 35.9 Å². The predicted molar refractivity (Wildman–Crippen MR) is 95.7 cm³/mol. The van der Waals surface area contributed by atoms with Crippen molar-refractivity contribution in [3.05, 3.63) is 56.2 Å². The predicted octanol–water partition coefficient (Wildman–Crippen LogP) is 4.73. The molecule has 0 spiro atoms. The van der Waals surface area contributed by atoms with Gasteiger partial charge in [-0.2, -0.15) is 0 Å². The first-order chi connectivity index (χ1) is 10.0. The molecule has 0 aliphatic rings. The lowest BCUT2D eigenvalue weighted by atomic mass is 10.0. The van der Waals surface area contributed by atoms with Gasteiger partial charge in [-0.05, 0) is 49.4 Å². The number of benzene rings is 1. The lowest BCUT2D eigenvalue weighted by Gasteiger charge is -2.34. The topological polar surface area (TPSA) is 29.3 Å². The Labute approximate surface area is 140 Å². The number of hydrogen-bond acceptors (Lipinski definition) is 3. The summed E-state index contributed by atoms with van der Waals surface area (Å²) in [5, 5.41) is 2.13. The van der Waals surface area contributed by atoms with Crippen LogP contribution in [0, 0.1) is 6.92 Å². The molecule has 1 aromatic carbocycles. The third-order valence-corrected chi connectivity index (χ3v) is 5.52. The van der Waals surface area contributed by atoms with Gasteiger partial charge in [0.15, 0.2) is 0 Å². The Bertz CT molecular complexity index is 566. The van der Waals surface area contributed by atoms with Gasteiger partial charge in [-0.3, -0.25) is 4.90 Å². The van der Waals surface area contributed by atoms with Crippen LogP contribution < -0.4 is 5.73 Å². The zero-order valence-corrected chi connectivity index (χ0v) is 15.2. The molecule has 0 aliphatic carbocycles. The maximum atomic E-state index is 6.11. The minimum absolute atomic E-state index is 0.249. The number of nitrogens with zero attached hydrogens (tertiary/aromatic N) is 1. The first kappa shape index (κ1) is 16.7. The number of thiophene rings is 1. The van der Waals surface area contributed by atoms with E-state index in [1.54, 1.807) is 0 Å². The Hall–Kier alpha value is -0.680. The van der Waals surface area contributed by atoms with Crippen molar-refractivity contribution in [1.82, 2.24) is 4.90 Å². The van der Waals surface area contributed by atoms with Crippen LogP contribution in [0.15, 0.2) is 40.2 Å². The van der Waals surface area contributed by atoms with Crippen LogP contribution >= 0.6 is 27.3 Å². The average Bonchev–Trinajstić information content (AvgIpc) is 2.95. The highest BCUT2D eigenvalue weighted by Crippen LogP contribution is 2.28. The van der Waals surface area contributed by atoms with Gasteiger partial charge >= 0.3 is 0 Å². The van der Waals surface area contributed by atoms with E-state index in [2.05, 4.69) is 77.3 Å². The second kappa shape index (κ2) is 7.54. The van der Waals surface area contributed by atoms with Crippen molar-refractivity contribution in [2.75, 3.05) is 6.54 Å². The number of hydrogen-bond donors (Lipinski definition) is 1. The Morgan fingerprint density at radius 3 is 2.57 bits per heavy atom. The molecule has 1 heterocycles. The maximum absolute atomic E-state index is 6.11. The Morgan fingerprint density at radius 1 is 1.29 bits per heavy atom. The molecular weight excluding hydrogens is 344 g/mol. The zero-order valence-electron chi connectivity index (χ0n) is 12.8. The van der Waals surface area contributed by atoms with Crippen molar-refractivity contribution in [3.8, 4) is 0 Å². The van der Waals surface area contributed by atoms with Crippen molar-refractivity contribution >= 4 is 27.3 Å². The van der Waals surface area contributed by atoms with E-state index in [9.17, 15) is 0 Å². The fourth-order valence-electron chi connectivity index (χ4n) is 2.57. The van der Waals surface area contributed by atoms with Crippen molar-refractivity contribution in [3.63, 3.8) is 0 Å². The van der Waals surface area contributed by atoms with Gasteiger partial charge in [0.2, 0.25) is 0 Å². The van der Waals surface area contributed by atoms with E-state index in [4.69, 9.17) is 5.73 Å². The second-order valence-electron chi connectivity index (χ2n) is 5.61. The van der Waals surface area contributed by atoms with Gasteiger partial charge in [-0.1, -0.05) is 34.1 Å². The lowest BCUT2D eigenvalue weighted by molar-refractivity contribution is 0.149. The van der Waals surface area contributed by atoms with Crippen molar-refractivity contribution in [2.45, 2.75) is 39.4 Å². The zero-order chi connectivity index (χ0) is 15.4. The summed E-state index contributed by atoms with van der Waals surface area (Å²) >= 11 is 5.38. The summed E-state index contributed by atoms with van der Waals surface area (Å²) in [5.41, 5.74) is 8.66. The molecule has 2 rings (SSSR count). The molecule has 21 heavy (non-hydrogen) atoms. The van der Waals surface area contributed by atoms with Gasteiger partial charge in [0.1, 0.15) is 0 Å². The molecule has 2 N–H and O–H groups in total. The minimum atomic E-state index is 0.249. The fraction of sp³-hybridized carbons (Fsp3) is 0.412. The molecule has 0 bridgehead atoms. The highest BCUT2D eigenvalue weighted by molar-refractivity contribution is 9.10. The molecule has 0 saturated carbocycles. The Balaban J connectivity index is 2.28. The van der Waals surface area contributed by atoms with Gasteiger partial charge in [0, 0.05) is 34.5 Å². The van der Waals surface area contributed by atoms with E-state index in [0.29, 0.717) is 12.6 Å². The van der Waals surface area contributed by atoms with Crippen molar-refractivity contribution < 1.29 is 0 Å². The molecule has 1 unspecified atom stereocenters. The largest absolute Gasteiger partial charge is 0.329 e. The number of aryl methyl sites for hydroxylation is 1. The van der Waals surface area contributed by atoms with Gasteiger partial charge in [0.05, 0.1) is 0 Å². The van der Waals surface area contributed by atoms with E-state index in [-0.39, 0.29) is 6.04 Å². The SMILES string of the molecule is Cc1cc(C(CN)N(Cc2cccs2)C(C)C)ccc1Br. The summed E-state index contributed by atoms with van der Waals surface area (Å²) in [6.07, 6.45) is 0. The minimum Gasteiger partial charge on any atom is -0.329 e. The molecule has 2 aromatic rings. The summed E-state index contributed by atoms with van der Waals surface area (Å²) in [6.45, 7) is 8.18. The van der Waals surface area contributed by atoms with Crippen LogP contribution in [0.4, 0.5) is 0 Å². The molecule has 1 atom stereocenters. The van der Waals surface area contributed by atoms with Gasteiger partial charge in [-0.15, -0.1) is 11.3 Å². The third-order valence-electron chi connectivity index (χ3n) is 3.77. The third kappa shape index (κ3) is 4.16. The molecule has 1 aromatic heterocycles. The standard InChI is InChI=1S/C17H23BrN2S/c1-12(2)20(11-15-5-4-8-21-15)17(10-19)14-6-7-16(18)13(3)9-14/h4-9,12,17H,10-11,19H2,1-3H3. The van der Waals surface area contributed by atoms with Crippen LogP contribution in [0.5, 0.6) is 0 Å². The maximum Gasteiger partial charge on any atom is 0.0477 e. The summed E-state index contributed by atoms with van der Waals surface area (Å²) in [6, 6.07) is 11.5. The molecule has 2 nitrogen and oxygen atoms in total. The van der Waals surface area contributed by atoms with E-state index in [1.165, 1.54) is 16.0 Å². The Kier molecular flexibility index (Phi) is 5.99. The van der Waals surface area contributed by atoms with Gasteiger partial charge < -0.3 is 5.73 Å². The summed E-state index contributed by atoms with van der Waals surface area (Å²) in [4.78, 5) is 3.87. The van der Waals surface area contributed by atoms with Crippen LogP contribution in [-0.2, 0) is 6.54 Å². The summed E-state index contributed by atoms with van der Waals surface area (Å²) < 4.78 is 1.15. The van der Waals surface area contributed by atoms with Crippen molar-refractivity contribution in [1.29, 1.82) is 0 Å². The average molecular weight is 367 g/mol. The molecule has 4 heteroatoms. The van der Waals surface area contributed by atoms with Crippen LogP contribution in [0.2, 0.25) is 0 Å². The van der Waals surface area contributed by atoms with Gasteiger partial charge in [0.25, 0.3) is 0 Å². The summed E-state index contributed by atoms with van der Waals surface area (Å²) in [7, 11) is 0. The van der Waals surface area contributed by atoms with Gasteiger partial charge in [-0.25, -0.2) is 0 Å². The van der Waals surface area contributed by atoms with Crippen LogP contribution in [0.3, 0.4) is 0 Å². The van der Waals surface area contributed by atoms with Crippen molar-refractivity contribution in [2.24, 2.45) is 5.73 Å². The first-order valence-electron chi connectivity index (χ1n) is 7.27. The first-order valence-corrected chi connectivity index (χ1v) is 8.94. The highest BCUT2D eigenvalue weighted by atomic mass is 79.9. The fourth-order valence-corrected chi connectivity index (χ4v) is 3.53. The van der Waals surface area contributed by atoms with Crippen LogP contribution in [0.25, 0.3) is 0 Å². The van der Waals surface area contributed by atoms with E-state index in [0.717, 1.165) is 11.0 Å². The molecule has 0 radical (unpaired) electrons. The quantitative estimate of drug-likeness (QED) is 0.800. The van der Waals surface area contributed by atoms with E-state index < -0.39 is 0 Å². The number of nitrogens with two attached hydrogens (primary N) is 1. The molecule has 0 amide bonds. The monoisotopic (exact) mass is 366 g/mol. The lowest BCUT2D eigenvalue weighted by Crippen LogP contribution is -2.38. The molecule has 114 valence electrons. The second-order valence-corrected chi connectivity index (χ2v) is 7.49. The number of rotatable bonds is 6. The molecular formula is C17H23BrN2S. The summed E-state index contributed by atoms with van der Waals surface area (Å²) in [5.74, 6) is 0. The molecule has 0 fully saturated rings. The normalized spacial score (nSPS) is 13.1. The smallest absolute Gasteiger partial charge is 0.0477 e. The van der Waals surface area contributed by atoms with Crippen LogP contribution in [-0.4, -0.2) is 17.5 Å². The van der Waals surface area contributed by atoms with E-state index in [1.807, 2.05) is 11.3 Å².